The highest BCUT2D eigenvalue weighted by atomic mass is 35.5. The lowest BCUT2D eigenvalue weighted by Gasteiger charge is -2.23. The topological polar surface area (TPSA) is 43.8 Å². The van der Waals surface area contributed by atoms with Gasteiger partial charge >= 0.3 is 0 Å². The minimum absolute atomic E-state index is 0.178. The molecule has 1 aromatic heterocycles. The lowest BCUT2D eigenvalue weighted by molar-refractivity contribution is 0.330. The maximum atomic E-state index is 6.32. The summed E-state index contributed by atoms with van der Waals surface area (Å²) in [4.78, 5) is 0. The molecule has 92 valence electrons. The average Bonchev–Trinajstić information content (AvgIpc) is 2.45. The predicted molar refractivity (Wildman–Crippen MR) is 68.8 cm³/mol. The van der Waals surface area contributed by atoms with Crippen LogP contribution in [0.3, 0.4) is 0 Å². The number of aryl methyl sites for hydroxylation is 2. The van der Waals surface area contributed by atoms with Gasteiger partial charge in [0.15, 0.2) is 0 Å². The van der Waals surface area contributed by atoms with Gasteiger partial charge in [-0.05, 0) is 31.2 Å². The number of nitrogens with zero attached hydrogens (tertiary/aromatic N) is 2. The Morgan fingerprint density at radius 3 is 2.50 bits per heavy atom. The van der Waals surface area contributed by atoms with Crippen molar-refractivity contribution in [1.82, 2.24) is 9.78 Å². The van der Waals surface area contributed by atoms with Crippen molar-refractivity contribution in [2.24, 2.45) is 18.2 Å². The van der Waals surface area contributed by atoms with Gasteiger partial charge < -0.3 is 5.73 Å². The van der Waals surface area contributed by atoms with Crippen LogP contribution in [0.2, 0.25) is 5.02 Å². The summed E-state index contributed by atoms with van der Waals surface area (Å²) >= 11 is 6.32. The number of rotatable bonds is 5. The molecule has 0 fully saturated rings. The van der Waals surface area contributed by atoms with Gasteiger partial charge in [0.2, 0.25) is 0 Å². The molecule has 0 saturated carbocycles. The smallest absolute Gasteiger partial charge is 0.0849 e. The molecule has 0 aliphatic heterocycles. The molecule has 0 aliphatic carbocycles. The van der Waals surface area contributed by atoms with Gasteiger partial charge in [-0.2, -0.15) is 5.10 Å². The standard InChI is InChI=1S/C12H22ClN3/c1-5-9-11(13)10(16(4)15-9)8-12(2,3)6-7-14/h5-8,14H2,1-4H3. The minimum Gasteiger partial charge on any atom is -0.330 e. The van der Waals surface area contributed by atoms with Crippen LogP contribution in [0.1, 0.15) is 38.6 Å². The van der Waals surface area contributed by atoms with Crippen molar-refractivity contribution in [1.29, 1.82) is 0 Å². The zero-order chi connectivity index (χ0) is 12.3. The molecule has 0 bridgehead atoms. The quantitative estimate of drug-likeness (QED) is 0.864. The second kappa shape index (κ2) is 5.19. The second-order valence-electron chi connectivity index (χ2n) is 5.06. The molecule has 0 aromatic carbocycles. The highest BCUT2D eigenvalue weighted by Gasteiger charge is 2.23. The van der Waals surface area contributed by atoms with Crippen LogP contribution in [0.15, 0.2) is 0 Å². The van der Waals surface area contributed by atoms with E-state index in [4.69, 9.17) is 17.3 Å². The monoisotopic (exact) mass is 243 g/mol. The zero-order valence-corrected chi connectivity index (χ0v) is 11.4. The Balaban J connectivity index is 2.92. The molecule has 0 spiro atoms. The molecule has 0 aliphatic rings. The van der Waals surface area contributed by atoms with Crippen molar-refractivity contribution in [3.63, 3.8) is 0 Å². The Morgan fingerprint density at radius 1 is 1.44 bits per heavy atom. The molecule has 0 atom stereocenters. The van der Waals surface area contributed by atoms with Crippen molar-refractivity contribution in [3.8, 4) is 0 Å². The van der Waals surface area contributed by atoms with Crippen LogP contribution in [0.4, 0.5) is 0 Å². The first kappa shape index (κ1) is 13.5. The maximum absolute atomic E-state index is 6.32. The van der Waals surface area contributed by atoms with E-state index in [-0.39, 0.29) is 5.41 Å². The lowest BCUT2D eigenvalue weighted by Crippen LogP contribution is -2.21. The molecule has 2 N–H and O–H groups in total. The molecule has 4 heteroatoms. The minimum atomic E-state index is 0.178. The fourth-order valence-electron chi connectivity index (χ4n) is 1.94. The highest BCUT2D eigenvalue weighted by molar-refractivity contribution is 6.31. The number of hydrogen-bond donors (Lipinski definition) is 1. The zero-order valence-electron chi connectivity index (χ0n) is 10.7. The van der Waals surface area contributed by atoms with Crippen LogP contribution < -0.4 is 5.73 Å². The van der Waals surface area contributed by atoms with E-state index in [0.717, 1.165) is 35.7 Å². The van der Waals surface area contributed by atoms with Gasteiger partial charge in [0, 0.05) is 7.05 Å². The van der Waals surface area contributed by atoms with Crippen molar-refractivity contribution in [2.75, 3.05) is 6.54 Å². The Kier molecular flexibility index (Phi) is 4.39. The third kappa shape index (κ3) is 2.98. The van der Waals surface area contributed by atoms with Crippen LogP contribution >= 0.6 is 11.6 Å². The molecule has 1 aromatic rings. The summed E-state index contributed by atoms with van der Waals surface area (Å²) in [6, 6.07) is 0. The molecule has 0 amide bonds. The first-order valence-electron chi connectivity index (χ1n) is 5.81. The van der Waals surface area contributed by atoms with Crippen LogP contribution in [-0.4, -0.2) is 16.3 Å². The first-order valence-corrected chi connectivity index (χ1v) is 6.19. The Hall–Kier alpha value is -0.540. The van der Waals surface area contributed by atoms with Crippen molar-refractivity contribution >= 4 is 11.6 Å². The number of aromatic nitrogens is 2. The second-order valence-corrected chi connectivity index (χ2v) is 5.44. The third-order valence-corrected chi connectivity index (χ3v) is 3.41. The van der Waals surface area contributed by atoms with E-state index in [9.17, 15) is 0 Å². The molecule has 1 rings (SSSR count). The molecule has 3 nitrogen and oxygen atoms in total. The van der Waals surface area contributed by atoms with Crippen LogP contribution in [0, 0.1) is 5.41 Å². The molecule has 1 heterocycles. The summed E-state index contributed by atoms with van der Waals surface area (Å²) in [6.45, 7) is 7.22. The summed E-state index contributed by atoms with van der Waals surface area (Å²) in [7, 11) is 1.96. The van der Waals surface area contributed by atoms with E-state index in [1.807, 2.05) is 11.7 Å². The molecule has 0 saturated heterocycles. The fourth-order valence-corrected chi connectivity index (χ4v) is 2.30. The summed E-state index contributed by atoms with van der Waals surface area (Å²) in [5.41, 5.74) is 7.91. The van der Waals surface area contributed by atoms with Gasteiger partial charge in [0.25, 0.3) is 0 Å². The van der Waals surface area contributed by atoms with E-state index < -0.39 is 0 Å². The fraction of sp³-hybridized carbons (Fsp3) is 0.750. The molecule has 16 heavy (non-hydrogen) atoms. The summed E-state index contributed by atoms with van der Waals surface area (Å²) < 4.78 is 1.90. The Bertz CT molecular complexity index is 355. The van der Waals surface area contributed by atoms with E-state index in [0.29, 0.717) is 6.54 Å². The Labute approximate surface area is 103 Å². The van der Waals surface area contributed by atoms with Crippen molar-refractivity contribution in [3.05, 3.63) is 16.4 Å². The highest BCUT2D eigenvalue weighted by Crippen LogP contribution is 2.30. The van der Waals surface area contributed by atoms with Crippen LogP contribution in [0.5, 0.6) is 0 Å². The summed E-state index contributed by atoms with van der Waals surface area (Å²) in [6.07, 6.45) is 2.80. The van der Waals surface area contributed by atoms with Gasteiger partial charge in [0.05, 0.1) is 16.4 Å². The normalized spacial score (nSPS) is 12.1. The molecule has 0 unspecified atom stereocenters. The molecular formula is C12H22ClN3. The number of hydrogen-bond acceptors (Lipinski definition) is 2. The summed E-state index contributed by atoms with van der Waals surface area (Å²) in [5.74, 6) is 0. The van der Waals surface area contributed by atoms with E-state index in [2.05, 4.69) is 25.9 Å². The summed E-state index contributed by atoms with van der Waals surface area (Å²) in [5, 5.41) is 5.26. The maximum Gasteiger partial charge on any atom is 0.0849 e. The largest absolute Gasteiger partial charge is 0.330 e. The van der Waals surface area contributed by atoms with E-state index in [1.165, 1.54) is 0 Å². The predicted octanol–water partition coefficient (Wildman–Crippen LogP) is 2.55. The van der Waals surface area contributed by atoms with Crippen molar-refractivity contribution < 1.29 is 0 Å². The van der Waals surface area contributed by atoms with Gasteiger partial charge in [-0.1, -0.05) is 32.4 Å². The van der Waals surface area contributed by atoms with E-state index in [1.54, 1.807) is 0 Å². The third-order valence-electron chi connectivity index (χ3n) is 2.97. The molecular weight excluding hydrogens is 222 g/mol. The first-order chi connectivity index (χ1) is 7.41. The Morgan fingerprint density at radius 2 is 2.06 bits per heavy atom. The number of halogens is 1. The molecule has 0 radical (unpaired) electrons. The lowest BCUT2D eigenvalue weighted by atomic mass is 9.84. The van der Waals surface area contributed by atoms with Gasteiger partial charge in [-0.25, -0.2) is 0 Å². The van der Waals surface area contributed by atoms with E-state index >= 15 is 0 Å². The van der Waals surface area contributed by atoms with Gasteiger partial charge in [-0.3, -0.25) is 4.68 Å². The SMILES string of the molecule is CCc1nn(C)c(CC(C)(C)CCN)c1Cl. The number of nitrogens with two attached hydrogens (primary N) is 1. The van der Waals surface area contributed by atoms with Crippen LogP contribution in [-0.2, 0) is 19.9 Å². The van der Waals surface area contributed by atoms with Crippen LogP contribution in [0.25, 0.3) is 0 Å². The van der Waals surface area contributed by atoms with Gasteiger partial charge in [-0.15, -0.1) is 0 Å². The van der Waals surface area contributed by atoms with Gasteiger partial charge in [0.1, 0.15) is 0 Å². The average molecular weight is 244 g/mol. The van der Waals surface area contributed by atoms with Crippen molar-refractivity contribution in [2.45, 2.75) is 40.0 Å².